The monoisotopic (exact) mass is 223 g/mol. The van der Waals surface area contributed by atoms with Crippen LogP contribution in [0.3, 0.4) is 0 Å². The lowest BCUT2D eigenvalue weighted by molar-refractivity contribution is 0.150. The second-order valence-corrected chi connectivity index (χ2v) is 2.82. The maximum absolute atomic E-state index is 12.5. The van der Waals surface area contributed by atoms with Crippen molar-refractivity contribution in [1.29, 1.82) is 10.5 Å². The van der Waals surface area contributed by atoms with Gasteiger partial charge in [0.15, 0.2) is 5.75 Å². The van der Waals surface area contributed by atoms with Crippen LogP contribution in [-0.2, 0) is 6.42 Å². The first-order chi connectivity index (χ1) is 7.65. The van der Waals surface area contributed by atoms with Crippen LogP contribution >= 0.6 is 0 Å². The largest absolute Gasteiger partial charge is 0.493 e. The molecule has 16 heavy (non-hydrogen) atoms. The zero-order chi connectivity index (χ0) is 12.1. The van der Waals surface area contributed by atoms with Gasteiger partial charge in [0.2, 0.25) is 0 Å². The van der Waals surface area contributed by atoms with Crippen molar-refractivity contribution in [2.24, 2.45) is 0 Å². The molecule has 1 aromatic heterocycles. The summed E-state index contributed by atoms with van der Waals surface area (Å²) in [6.45, 7) is 0. The molecule has 0 fully saturated rings. The Balaban J connectivity index is 3.42. The fourth-order valence-electron chi connectivity index (χ4n) is 1.25. The normalized spacial score (nSPS) is 9.62. The summed E-state index contributed by atoms with van der Waals surface area (Å²) in [5.74, 6) is -0.0538. The van der Waals surface area contributed by atoms with Crippen molar-refractivity contribution in [1.82, 2.24) is 4.98 Å². The van der Waals surface area contributed by atoms with Crippen LogP contribution in [0.5, 0.6) is 5.75 Å². The van der Waals surface area contributed by atoms with Gasteiger partial charge in [-0.1, -0.05) is 0 Å². The maximum atomic E-state index is 12.5. The van der Waals surface area contributed by atoms with Crippen LogP contribution in [0.25, 0.3) is 0 Å². The SMILES string of the molecule is COc1c(CC#N)ncc(C(F)F)c1C#N. The summed E-state index contributed by atoms with van der Waals surface area (Å²) >= 11 is 0. The summed E-state index contributed by atoms with van der Waals surface area (Å²) in [6, 6.07) is 3.46. The van der Waals surface area contributed by atoms with Gasteiger partial charge in [-0.05, 0) is 0 Å². The van der Waals surface area contributed by atoms with Gasteiger partial charge in [-0.3, -0.25) is 4.98 Å². The van der Waals surface area contributed by atoms with Crippen molar-refractivity contribution in [2.45, 2.75) is 12.8 Å². The molecule has 0 saturated carbocycles. The minimum absolute atomic E-state index is 0.0538. The number of rotatable bonds is 3. The Kier molecular flexibility index (Phi) is 3.73. The van der Waals surface area contributed by atoms with Gasteiger partial charge in [0, 0.05) is 6.20 Å². The van der Waals surface area contributed by atoms with Crippen molar-refractivity contribution < 1.29 is 13.5 Å². The van der Waals surface area contributed by atoms with E-state index in [1.807, 2.05) is 6.07 Å². The van der Waals surface area contributed by atoms with E-state index in [2.05, 4.69) is 4.98 Å². The number of nitriles is 2. The number of nitrogens with zero attached hydrogens (tertiary/aromatic N) is 3. The Morgan fingerprint density at radius 2 is 2.19 bits per heavy atom. The molecular formula is C10H7F2N3O. The van der Waals surface area contributed by atoms with E-state index in [-0.39, 0.29) is 23.4 Å². The van der Waals surface area contributed by atoms with Gasteiger partial charge < -0.3 is 4.74 Å². The predicted molar refractivity (Wildman–Crippen MR) is 49.8 cm³/mol. The molecule has 0 atom stereocenters. The second kappa shape index (κ2) is 5.04. The Labute approximate surface area is 90.7 Å². The Bertz CT molecular complexity index is 474. The average Bonchev–Trinajstić information content (AvgIpc) is 2.28. The van der Waals surface area contributed by atoms with Crippen molar-refractivity contribution >= 4 is 0 Å². The highest BCUT2D eigenvalue weighted by atomic mass is 19.3. The second-order valence-electron chi connectivity index (χ2n) is 2.82. The highest BCUT2D eigenvalue weighted by molar-refractivity contribution is 5.51. The molecule has 82 valence electrons. The van der Waals surface area contributed by atoms with E-state index in [1.165, 1.54) is 7.11 Å². The van der Waals surface area contributed by atoms with Crippen LogP contribution < -0.4 is 4.74 Å². The molecule has 0 amide bonds. The summed E-state index contributed by atoms with van der Waals surface area (Å²) in [7, 11) is 1.24. The van der Waals surface area contributed by atoms with Gasteiger partial charge >= 0.3 is 0 Å². The Morgan fingerprint density at radius 1 is 1.50 bits per heavy atom. The van der Waals surface area contributed by atoms with E-state index in [1.54, 1.807) is 6.07 Å². The van der Waals surface area contributed by atoms with E-state index in [0.717, 1.165) is 6.20 Å². The third-order valence-electron chi connectivity index (χ3n) is 1.93. The number of halogens is 2. The third kappa shape index (κ3) is 2.06. The minimum atomic E-state index is -2.80. The number of hydrogen-bond acceptors (Lipinski definition) is 4. The van der Waals surface area contributed by atoms with Crippen LogP contribution in [0.1, 0.15) is 23.2 Å². The number of pyridine rings is 1. The Hall–Kier alpha value is -2.21. The zero-order valence-electron chi connectivity index (χ0n) is 8.37. The summed E-state index contributed by atoms with van der Waals surface area (Å²) in [6.07, 6.45) is -1.99. The van der Waals surface area contributed by atoms with Crippen LogP contribution in [0.2, 0.25) is 0 Å². The number of hydrogen-bond donors (Lipinski definition) is 0. The summed E-state index contributed by atoms with van der Waals surface area (Å²) in [4.78, 5) is 3.69. The highest BCUT2D eigenvalue weighted by Gasteiger charge is 2.20. The van der Waals surface area contributed by atoms with Crippen LogP contribution in [0.15, 0.2) is 6.20 Å². The topological polar surface area (TPSA) is 69.7 Å². The number of alkyl halides is 2. The first-order valence-corrected chi connectivity index (χ1v) is 4.26. The van der Waals surface area contributed by atoms with Gasteiger partial charge in [-0.2, -0.15) is 10.5 Å². The highest BCUT2D eigenvalue weighted by Crippen LogP contribution is 2.30. The van der Waals surface area contributed by atoms with E-state index in [9.17, 15) is 8.78 Å². The number of aromatic nitrogens is 1. The molecule has 0 radical (unpaired) electrons. The van der Waals surface area contributed by atoms with Gasteiger partial charge in [0.25, 0.3) is 6.43 Å². The smallest absolute Gasteiger partial charge is 0.266 e. The molecular weight excluding hydrogens is 216 g/mol. The molecule has 1 aromatic rings. The van der Waals surface area contributed by atoms with Crippen molar-refractivity contribution in [3.8, 4) is 17.9 Å². The molecule has 0 bridgehead atoms. The molecule has 4 nitrogen and oxygen atoms in total. The van der Waals surface area contributed by atoms with Crippen molar-refractivity contribution in [3.63, 3.8) is 0 Å². The van der Waals surface area contributed by atoms with Crippen LogP contribution in [0.4, 0.5) is 8.78 Å². The number of ether oxygens (including phenoxy) is 1. The van der Waals surface area contributed by atoms with Crippen LogP contribution in [-0.4, -0.2) is 12.1 Å². The van der Waals surface area contributed by atoms with Gasteiger partial charge in [0.05, 0.1) is 30.9 Å². The lowest BCUT2D eigenvalue weighted by Crippen LogP contribution is -2.02. The zero-order valence-corrected chi connectivity index (χ0v) is 8.37. The molecule has 0 unspecified atom stereocenters. The summed E-state index contributed by atoms with van der Waals surface area (Å²) in [5.41, 5.74) is -0.565. The molecule has 0 saturated heterocycles. The van der Waals surface area contributed by atoms with E-state index in [0.29, 0.717) is 0 Å². The van der Waals surface area contributed by atoms with Crippen molar-refractivity contribution in [3.05, 3.63) is 23.0 Å². The fraction of sp³-hybridized carbons (Fsp3) is 0.300. The standard InChI is InChI=1S/C10H7F2N3O/c1-16-9-6(4-14)7(10(11)12)5-15-8(9)2-3-13/h5,10H,2H2,1H3. The maximum Gasteiger partial charge on any atom is 0.266 e. The Morgan fingerprint density at radius 3 is 2.62 bits per heavy atom. The van der Waals surface area contributed by atoms with Crippen molar-refractivity contribution in [2.75, 3.05) is 7.11 Å². The van der Waals surface area contributed by atoms with E-state index in [4.69, 9.17) is 15.3 Å². The minimum Gasteiger partial charge on any atom is -0.493 e. The molecule has 1 rings (SSSR count). The molecule has 0 N–H and O–H groups in total. The molecule has 1 heterocycles. The molecule has 0 aromatic carbocycles. The van der Waals surface area contributed by atoms with Gasteiger partial charge in [0.1, 0.15) is 11.6 Å². The molecule has 0 aliphatic carbocycles. The summed E-state index contributed by atoms with van der Waals surface area (Å²) in [5, 5.41) is 17.3. The quantitative estimate of drug-likeness (QED) is 0.785. The molecule has 0 aliphatic rings. The lowest BCUT2D eigenvalue weighted by atomic mass is 10.1. The molecule has 0 aliphatic heterocycles. The van der Waals surface area contributed by atoms with Gasteiger partial charge in [-0.15, -0.1) is 0 Å². The van der Waals surface area contributed by atoms with Crippen LogP contribution in [0, 0.1) is 22.7 Å². The fourth-order valence-corrected chi connectivity index (χ4v) is 1.25. The first-order valence-electron chi connectivity index (χ1n) is 4.26. The van der Waals surface area contributed by atoms with E-state index < -0.39 is 12.0 Å². The average molecular weight is 223 g/mol. The van der Waals surface area contributed by atoms with Gasteiger partial charge in [-0.25, -0.2) is 8.78 Å². The first kappa shape index (κ1) is 11.9. The number of methoxy groups -OCH3 is 1. The molecule has 0 spiro atoms. The van der Waals surface area contributed by atoms with E-state index >= 15 is 0 Å². The third-order valence-corrected chi connectivity index (χ3v) is 1.93. The predicted octanol–water partition coefficient (Wildman–Crippen LogP) is 1.97. The summed E-state index contributed by atoms with van der Waals surface area (Å²) < 4.78 is 29.9. The lowest BCUT2D eigenvalue weighted by Gasteiger charge is -2.10. The molecule has 6 heteroatoms.